The molecular weight excluding hydrogens is 304 g/mol. The standard InChI is InChI=1S/C20H38O4/c1-3-5-6-7-8-9-10-11-14-17(4-2)15-12-13-16-18(19(21)22)20(23)24/h17-18H,3-16H2,1-2H3,(H,21,22)(H,23,24). The molecule has 0 aromatic carbocycles. The van der Waals surface area contributed by atoms with Crippen molar-refractivity contribution in [2.24, 2.45) is 11.8 Å². The molecule has 0 radical (unpaired) electrons. The maximum absolute atomic E-state index is 10.8. The minimum Gasteiger partial charge on any atom is -0.481 e. The van der Waals surface area contributed by atoms with Crippen molar-refractivity contribution in [2.75, 3.05) is 0 Å². The van der Waals surface area contributed by atoms with Crippen molar-refractivity contribution < 1.29 is 19.8 Å². The second kappa shape index (κ2) is 15.5. The van der Waals surface area contributed by atoms with Gasteiger partial charge in [0.1, 0.15) is 0 Å². The van der Waals surface area contributed by atoms with Crippen LogP contribution >= 0.6 is 0 Å². The summed E-state index contributed by atoms with van der Waals surface area (Å²) in [5.74, 6) is -2.96. The number of carbonyl (C=O) groups is 2. The van der Waals surface area contributed by atoms with Crippen LogP contribution in [0.25, 0.3) is 0 Å². The van der Waals surface area contributed by atoms with Gasteiger partial charge >= 0.3 is 11.9 Å². The molecule has 0 aliphatic carbocycles. The Morgan fingerprint density at radius 1 is 0.667 bits per heavy atom. The summed E-state index contributed by atoms with van der Waals surface area (Å²) >= 11 is 0. The van der Waals surface area contributed by atoms with E-state index < -0.39 is 17.9 Å². The van der Waals surface area contributed by atoms with E-state index in [-0.39, 0.29) is 6.42 Å². The Bertz CT molecular complexity index is 314. The van der Waals surface area contributed by atoms with Crippen molar-refractivity contribution in [1.82, 2.24) is 0 Å². The first-order chi connectivity index (χ1) is 11.5. The van der Waals surface area contributed by atoms with E-state index in [0.717, 1.165) is 19.3 Å². The van der Waals surface area contributed by atoms with Gasteiger partial charge in [-0.2, -0.15) is 0 Å². The first-order valence-corrected chi connectivity index (χ1v) is 9.98. The molecule has 0 rings (SSSR count). The summed E-state index contributed by atoms with van der Waals surface area (Å²) in [5.41, 5.74) is 0. The highest BCUT2D eigenvalue weighted by Crippen LogP contribution is 2.22. The molecule has 0 saturated heterocycles. The first-order valence-electron chi connectivity index (χ1n) is 9.98. The number of hydrogen-bond donors (Lipinski definition) is 2. The summed E-state index contributed by atoms with van der Waals surface area (Å²) < 4.78 is 0. The Balaban J connectivity index is 3.66. The SMILES string of the molecule is CCCCCCCCCCC(CC)CCCCC(C(=O)O)C(=O)O. The number of rotatable bonds is 17. The zero-order chi connectivity index (χ0) is 18.2. The molecule has 4 nitrogen and oxygen atoms in total. The number of carboxylic acids is 2. The molecule has 0 heterocycles. The molecule has 0 fully saturated rings. The molecule has 142 valence electrons. The molecule has 0 aromatic heterocycles. The normalized spacial score (nSPS) is 12.5. The van der Waals surface area contributed by atoms with E-state index in [0.29, 0.717) is 12.3 Å². The van der Waals surface area contributed by atoms with Crippen LogP contribution in [0.1, 0.15) is 104 Å². The Labute approximate surface area is 148 Å². The number of carboxylic acid groups (broad SMARTS) is 2. The van der Waals surface area contributed by atoms with Crippen LogP contribution < -0.4 is 0 Å². The Hall–Kier alpha value is -1.06. The molecular formula is C20H38O4. The Morgan fingerprint density at radius 3 is 1.54 bits per heavy atom. The van der Waals surface area contributed by atoms with E-state index in [2.05, 4.69) is 13.8 Å². The highest BCUT2D eigenvalue weighted by molar-refractivity contribution is 5.92. The van der Waals surface area contributed by atoms with Crippen LogP contribution in [0.2, 0.25) is 0 Å². The molecule has 0 bridgehead atoms. The lowest BCUT2D eigenvalue weighted by Crippen LogP contribution is -2.23. The van der Waals surface area contributed by atoms with Crippen LogP contribution in [0.5, 0.6) is 0 Å². The molecule has 0 spiro atoms. The summed E-state index contributed by atoms with van der Waals surface area (Å²) in [4.78, 5) is 21.7. The third-order valence-electron chi connectivity index (χ3n) is 4.99. The lowest BCUT2D eigenvalue weighted by molar-refractivity contribution is -0.154. The Morgan fingerprint density at radius 2 is 1.08 bits per heavy atom. The summed E-state index contributed by atoms with van der Waals surface area (Å²) in [6, 6.07) is 0. The van der Waals surface area contributed by atoms with Crippen molar-refractivity contribution in [1.29, 1.82) is 0 Å². The van der Waals surface area contributed by atoms with Gasteiger partial charge in [0.25, 0.3) is 0 Å². The van der Waals surface area contributed by atoms with Crippen molar-refractivity contribution in [3.63, 3.8) is 0 Å². The molecule has 24 heavy (non-hydrogen) atoms. The van der Waals surface area contributed by atoms with Crippen molar-refractivity contribution >= 4 is 11.9 Å². The van der Waals surface area contributed by atoms with Gasteiger partial charge in [-0.3, -0.25) is 9.59 Å². The van der Waals surface area contributed by atoms with E-state index in [1.165, 1.54) is 57.8 Å². The number of aliphatic carboxylic acids is 2. The summed E-state index contributed by atoms with van der Waals surface area (Å²) in [6.07, 6.45) is 16.1. The van der Waals surface area contributed by atoms with Crippen molar-refractivity contribution in [2.45, 2.75) is 104 Å². The molecule has 0 amide bonds. The molecule has 1 atom stereocenters. The second-order valence-electron chi connectivity index (χ2n) is 7.05. The quantitative estimate of drug-likeness (QED) is 0.255. The molecule has 4 heteroatoms. The maximum atomic E-state index is 10.8. The fraction of sp³-hybridized carbons (Fsp3) is 0.900. The van der Waals surface area contributed by atoms with Crippen molar-refractivity contribution in [3.8, 4) is 0 Å². The van der Waals surface area contributed by atoms with Crippen LogP contribution in [-0.4, -0.2) is 22.2 Å². The molecule has 0 aliphatic heterocycles. The van der Waals surface area contributed by atoms with E-state index in [4.69, 9.17) is 10.2 Å². The largest absolute Gasteiger partial charge is 0.481 e. The monoisotopic (exact) mass is 342 g/mol. The second-order valence-corrected chi connectivity index (χ2v) is 7.05. The van der Waals surface area contributed by atoms with Gasteiger partial charge in [0.2, 0.25) is 0 Å². The molecule has 0 aliphatic rings. The zero-order valence-electron chi connectivity index (χ0n) is 15.8. The van der Waals surface area contributed by atoms with Crippen LogP contribution in [0.15, 0.2) is 0 Å². The molecule has 0 aromatic rings. The van der Waals surface area contributed by atoms with Gasteiger partial charge in [0.15, 0.2) is 5.92 Å². The Kier molecular flexibility index (Phi) is 14.8. The van der Waals surface area contributed by atoms with E-state index in [1.54, 1.807) is 0 Å². The summed E-state index contributed by atoms with van der Waals surface area (Å²) in [7, 11) is 0. The van der Waals surface area contributed by atoms with Crippen LogP contribution in [-0.2, 0) is 9.59 Å². The van der Waals surface area contributed by atoms with Gasteiger partial charge in [-0.1, -0.05) is 97.3 Å². The van der Waals surface area contributed by atoms with E-state index >= 15 is 0 Å². The lowest BCUT2D eigenvalue weighted by atomic mass is 9.91. The van der Waals surface area contributed by atoms with Gasteiger partial charge in [0.05, 0.1) is 0 Å². The minimum atomic E-state index is -1.24. The maximum Gasteiger partial charge on any atom is 0.317 e. The lowest BCUT2D eigenvalue weighted by Gasteiger charge is -2.15. The van der Waals surface area contributed by atoms with Gasteiger partial charge in [-0.25, -0.2) is 0 Å². The number of hydrogen-bond acceptors (Lipinski definition) is 2. The third kappa shape index (κ3) is 12.4. The fourth-order valence-corrected chi connectivity index (χ4v) is 3.25. The molecule has 0 saturated carbocycles. The minimum absolute atomic E-state index is 0.249. The highest BCUT2D eigenvalue weighted by Gasteiger charge is 2.24. The zero-order valence-corrected chi connectivity index (χ0v) is 15.8. The highest BCUT2D eigenvalue weighted by atomic mass is 16.4. The van der Waals surface area contributed by atoms with E-state index in [1.807, 2.05) is 0 Å². The average Bonchev–Trinajstić information content (AvgIpc) is 2.54. The smallest absolute Gasteiger partial charge is 0.317 e. The first kappa shape index (κ1) is 22.9. The molecule has 2 N–H and O–H groups in total. The van der Waals surface area contributed by atoms with Gasteiger partial charge in [-0.05, 0) is 12.3 Å². The van der Waals surface area contributed by atoms with Crippen molar-refractivity contribution in [3.05, 3.63) is 0 Å². The van der Waals surface area contributed by atoms with Gasteiger partial charge < -0.3 is 10.2 Å². The molecule has 1 unspecified atom stereocenters. The number of unbranched alkanes of at least 4 members (excludes halogenated alkanes) is 8. The predicted octanol–water partition coefficient (Wildman–Crippen LogP) is 5.89. The summed E-state index contributed by atoms with van der Waals surface area (Å²) in [6.45, 7) is 4.46. The fourth-order valence-electron chi connectivity index (χ4n) is 3.25. The third-order valence-corrected chi connectivity index (χ3v) is 4.99. The van der Waals surface area contributed by atoms with Crippen LogP contribution in [0.3, 0.4) is 0 Å². The van der Waals surface area contributed by atoms with E-state index in [9.17, 15) is 9.59 Å². The topological polar surface area (TPSA) is 74.6 Å². The average molecular weight is 343 g/mol. The predicted molar refractivity (Wildman–Crippen MR) is 98.2 cm³/mol. The van der Waals surface area contributed by atoms with Gasteiger partial charge in [-0.15, -0.1) is 0 Å². The van der Waals surface area contributed by atoms with Gasteiger partial charge in [0, 0.05) is 0 Å². The van der Waals surface area contributed by atoms with Crippen LogP contribution in [0.4, 0.5) is 0 Å². The van der Waals surface area contributed by atoms with Crippen LogP contribution in [0, 0.1) is 11.8 Å². The summed E-state index contributed by atoms with van der Waals surface area (Å²) in [5, 5.41) is 17.7.